The lowest BCUT2D eigenvalue weighted by Crippen LogP contribution is -2.37. The molecule has 194 valence electrons. The van der Waals surface area contributed by atoms with Crippen molar-refractivity contribution in [2.75, 3.05) is 13.1 Å². The molecule has 0 N–H and O–H groups in total. The van der Waals surface area contributed by atoms with Crippen LogP contribution in [0.3, 0.4) is 0 Å². The Bertz CT molecular complexity index is 1610. The fourth-order valence-electron chi connectivity index (χ4n) is 6.05. The molecule has 4 heterocycles. The zero-order valence-electron chi connectivity index (χ0n) is 22.4. The van der Waals surface area contributed by atoms with Gasteiger partial charge in [0.2, 0.25) is 0 Å². The maximum absolute atomic E-state index is 5.09. The van der Waals surface area contributed by atoms with Crippen molar-refractivity contribution in [1.82, 2.24) is 14.3 Å². The van der Waals surface area contributed by atoms with Gasteiger partial charge in [0.15, 0.2) is 0 Å². The normalized spacial score (nSPS) is 19.7. The Balaban J connectivity index is 1.05. The van der Waals surface area contributed by atoms with Gasteiger partial charge >= 0.3 is 0 Å². The third-order valence-electron chi connectivity index (χ3n) is 8.19. The molecule has 0 radical (unpaired) electrons. The maximum Gasteiger partial charge on any atom is 0.137 e. The first-order chi connectivity index (χ1) is 19.2. The molecule has 0 amide bonds. The van der Waals surface area contributed by atoms with Crippen molar-refractivity contribution >= 4 is 17.6 Å². The maximum atomic E-state index is 5.09. The zero-order chi connectivity index (χ0) is 26.2. The van der Waals surface area contributed by atoms with E-state index in [2.05, 4.69) is 108 Å². The molecular weight excluding hydrogens is 478 g/mol. The number of allylic oxidation sites excluding steroid dienone is 2. The second-order valence-corrected chi connectivity index (χ2v) is 11.0. The van der Waals surface area contributed by atoms with Crippen molar-refractivity contribution in [3.63, 3.8) is 0 Å². The molecule has 2 aromatic heterocycles. The van der Waals surface area contributed by atoms with E-state index in [1.165, 1.54) is 22.4 Å². The van der Waals surface area contributed by atoms with Crippen LogP contribution in [0.1, 0.15) is 30.4 Å². The van der Waals surface area contributed by atoms with Crippen LogP contribution in [0.2, 0.25) is 0 Å². The molecular formula is C34H33N5. The van der Waals surface area contributed by atoms with Crippen molar-refractivity contribution in [3.05, 3.63) is 108 Å². The largest absolute Gasteiger partial charge is 0.308 e. The molecule has 2 aromatic carbocycles. The molecule has 1 fully saturated rings. The third kappa shape index (κ3) is 4.90. The first-order valence-corrected chi connectivity index (χ1v) is 14.0. The highest BCUT2D eigenvalue weighted by atomic mass is 15.1. The Labute approximate surface area is 230 Å². The first kappa shape index (κ1) is 24.0. The van der Waals surface area contributed by atoms with Crippen LogP contribution >= 0.6 is 0 Å². The summed E-state index contributed by atoms with van der Waals surface area (Å²) in [6.45, 7) is 5.28. The van der Waals surface area contributed by atoms with E-state index in [1.54, 1.807) is 0 Å². The minimum atomic E-state index is 0.228. The SMILES string of the molecule is Cc1cc2nc(-c3ccc(CN4CCC(C5=NC6CC=CC=C6N=C5)CC4)cc3)c(-c3ccccc3)cn2c1. The Morgan fingerprint density at radius 2 is 1.74 bits per heavy atom. The smallest absolute Gasteiger partial charge is 0.137 e. The Morgan fingerprint density at radius 3 is 2.56 bits per heavy atom. The van der Waals surface area contributed by atoms with Crippen LogP contribution in [-0.4, -0.2) is 45.3 Å². The van der Waals surface area contributed by atoms with Crippen molar-refractivity contribution in [2.45, 2.75) is 38.8 Å². The summed E-state index contributed by atoms with van der Waals surface area (Å²) >= 11 is 0. The summed E-state index contributed by atoms with van der Waals surface area (Å²) in [6, 6.07) is 21.9. The molecule has 1 saturated heterocycles. The Hall–Kier alpha value is -4.09. The molecule has 5 heteroatoms. The summed E-state index contributed by atoms with van der Waals surface area (Å²) in [6.07, 6.45) is 16.0. The number of hydrogen-bond donors (Lipinski definition) is 0. The van der Waals surface area contributed by atoms with Gasteiger partial charge < -0.3 is 4.40 Å². The highest BCUT2D eigenvalue weighted by molar-refractivity contribution is 6.32. The number of aromatic nitrogens is 2. The van der Waals surface area contributed by atoms with Crippen molar-refractivity contribution in [2.24, 2.45) is 15.9 Å². The van der Waals surface area contributed by atoms with Crippen molar-refractivity contribution in [1.29, 1.82) is 0 Å². The fourth-order valence-corrected chi connectivity index (χ4v) is 6.05. The molecule has 4 aromatic rings. The quantitative estimate of drug-likeness (QED) is 0.292. The van der Waals surface area contributed by atoms with Crippen molar-refractivity contribution in [3.8, 4) is 22.4 Å². The minimum absolute atomic E-state index is 0.228. The van der Waals surface area contributed by atoms with Crippen LogP contribution in [-0.2, 0) is 6.54 Å². The van der Waals surface area contributed by atoms with Gasteiger partial charge in [-0.05, 0) is 68.1 Å². The molecule has 1 unspecified atom stereocenters. The number of hydrogen-bond acceptors (Lipinski definition) is 4. The number of piperidine rings is 1. The summed E-state index contributed by atoms with van der Waals surface area (Å²) in [5.41, 5.74) is 10.4. The lowest BCUT2D eigenvalue weighted by Gasteiger charge is -2.33. The standard InChI is InChI=1S/C34H33N5/c1-24-19-33-37-34(29(23-39(33)21-24)26-7-3-2-4-8-26)28-13-11-25(12-14-28)22-38-17-15-27(16-18-38)32-20-35-30-9-5-6-10-31(30)36-32/h2-9,11-14,19-21,23,27,31H,10,15-18,22H2,1H3. The van der Waals surface area contributed by atoms with Crippen LogP contribution in [0.25, 0.3) is 28.0 Å². The number of aliphatic imine (C=N–C) groups is 2. The topological polar surface area (TPSA) is 45.3 Å². The fraction of sp³-hybridized carbons (Fsp3) is 0.265. The summed E-state index contributed by atoms with van der Waals surface area (Å²) in [7, 11) is 0. The Kier molecular flexibility index (Phi) is 6.29. The molecule has 7 rings (SSSR count). The van der Waals surface area contributed by atoms with E-state index in [0.717, 1.165) is 67.1 Å². The van der Waals surface area contributed by atoms with Gasteiger partial charge in [-0.15, -0.1) is 0 Å². The van der Waals surface area contributed by atoms with E-state index in [9.17, 15) is 0 Å². The summed E-state index contributed by atoms with van der Waals surface area (Å²) in [4.78, 5) is 17.4. The highest BCUT2D eigenvalue weighted by Crippen LogP contribution is 2.32. The molecule has 0 spiro atoms. The number of aryl methyl sites for hydroxylation is 1. The van der Waals surface area contributed by atoms with E-state index in [-0.39, 0.29) is 6.04 Å². The molecule has 39 heavy (non-hydrogen) atoms. The molecule has 1 atom stereocenters. The summed E-state index contributed by atoms with van der Waals surface area (Å²) in [5.74, 6) is 0.523. The number of fused-ring (bicyclic) bond motifs is 2. The zero-order valence-corrected chi connectivity index (χ0v) is 22.4. The van der Waals surface area contributed by atoms with Gasteiger partial charge in [-0.25, -0.2) is 4.98 Å². The van der Waals surface area contributed by atoms with E-state index in [1.807, 2.05) is 6.21 Å². The lowest BCUT2D eigenvalue weighted by atomic mass is 9.90. The number of likely N-dealkylation sites (tertiary alicyclic amines) is 1. The molecule has 2 aliphatic heterocycles. The second-order valence-electron chi connectivity index (χ2n) is 11.0. The monoisotopic (exact) mass is 511 g/mol. The van der Waals surface area contributed by atoms with Gasteiger partial charge in [-0.3, -0.25) is 14.9 Å². The molecule has 1 aliphatic carbocycles. The predicted molar refractivity (Wildman–Crippen MR) is 160 cm³/mol. The van der Waals surface area contributed by atoms with E-state index >= 15 is 0 Å². The van der Waals surface area contributed by atoms with Gasteiger partial charge in [0.1, 0.15) is 5.65 Å². The second kappa shape index (κ2) is 10.2. The summed E-state index contributed by atoms with van der Waals surface area (Å²) < 4.78 is 2.13. The molecule has 5 nitrogen and oxygen atoms in total. The van der Waals surface area contributed by atoms with Crippen LogP contribution in [0.4, 0.5) is 0 Å². The molecule has 0 bridgehead atoms. The third-order valence-corrected chi connectivity index (χ3v) is 8.19. The average Bonchev–Trinajstić information content (AvgIpc) is 3.36. The Morgan fingerprint density at radius 1 is 0.923 bits per heavy atom. The predicted octanol–water partition coefficient (Wildman–Crippen LogP) is 6.93. The van der Waals surface area contributed by atoms with Gasteiger partial charge in [0, 0.05) is 42.2 Å². The number of benzene rings is 2. The van der Waals surface area contributed by atoms with Gasteiger partial charge in [-0.1, -0.05) is 66.7 Å². The van der Waals surface area contributed by atoms with E-state index in [0.29, 0.717) is 5.92 Å². The van der Waals surface area contributed by atoms with E-state index < -0.39 is 0 Å². The minimum Gasteiger partial charge on any atom is -0.308 e. The van der Waals surface area contributed by atoms with Gasteiger partial charge in [-0.2, -0.15) is 0 Å². The van der Waals surface area contributed by atoms with Crippen LogP contribution in [0, 0.1) is 12.8 Å². The van der Waals surface area contributed by atoms with Gasteiger partial charge in [0.25, 0.3) is 0 Å². The summed E-state index contributed by atoms with van der Waals surface area (Å²) in [5, 5.41) is 0. The highest BCUT2D eigenvalue weighted by Gasteiger charge is 2.26. The number of rotatable bonds is 5. The van der Waals surface area contributed by atoms with Gasteiger partial charge in [0.05, 0.1) is 23.1 Å². The molecule has 3 aliphatic rings. The average molecular weight is 512 g/mol. The first-order valence-electron chi connectivity index (χ1n) is 14.0. The van der Waals surface area contributed by atoms with Crippen LogP contribution < -0.4 is 0 Å². The molecule has 0 saturated carbocycles. The van der Waals surface area contributed by atoms with Crippen LogP contribution in [0.5, 0.6) is 0 Å². The van der Waals surface area contributed by atoms with E-state index in [4.69, 9.17) is 15.0 Å². The van der Waals surface area contributed by atoms with Crippen LogP contribution in [0.15, 0.2) is 107 Å². The van der Waals surface area contributed by atoms with Crippen molar-refractivity contribution < 1.29 is 0 Å². The number of nitrogens with zero attached hydrogens (tertiary/aromatic N) is 5. The lowest BCUT2D eigenvalue weighted by molar-refractivity contribution is 0.202.